The van der Waals surface area contributed by atoms with Crippen molar-refractivity contribution in [2.24, 2.45) is 0 Å². The van der Waals surface area contributed by atoms with Crippen molar-refractivity contribution in [3.05, 3.63) is 79.8 Å². The number of benzene rings is 2. The number of nitro groups is 1. The number of non-ortho nitro benzene ring substituents is 1. The van der Waals surface area contributed by atoms with Crippen molar-refractivity contribution in [2.75, 3.05) is 0 Å². The third-order valence-electron chi connectivity index (χ3n) is 4.08. The van der Waals surface area contributed by atoms with E-state index in [-0.39, 0.29) is 23.7 Å². The van der Waals surface area contributed by atoms with Crippen LogP contribution in [-0.2, 0) is 11.3 Å². The average Bonchev–Trinajstić information content (AvgIpc) is 2.64. The predicted octanol–water partition coefficient (Wildman–Crippen LogP) is 2.84. The van der Waals surface area contributed by atoms with Gasteiger partial charge in [-0.15, -0.1) is 0 Å². The van der Waals surface area contributed by atoms with E-state index in [0.717, 1.165) is 16.2 Å². The van der Waals surface area contributed by atoms with Crippen molar-refractivity contribution in [1.82, 2.24) is 14.9 Å². The second kappa shape index (κ2) is 7.55. The monoisotopic (exact) mass is 386 g/mol. The van der Waals surface area contributed by atoms with E-state index in [1.54, 1.807) is 25.1 Å². The molecule has 0 saturated heterocycles. The van der Waals surface area contributed by atoms with Crippen molar-refractivity contribution in [3.63, 3.8) is 0 Å². The van der Waals surface area contributed by atoms with Gasteiger partial charge < -0.3 is 5.32 Å². The summed E-state index contributed by atoms with van der Waals surface area (Å²) < 4.78 is 1.11. The van der Waals surface area contributed by atoms with Gasteiger partial charge in [-0.3, -0.25) is 24.3 Å². The van der Waals surface area contributed by atoms with Crippen LogP contribution in [-0.4, -0.2) is 20.4 Å². The molecule has 1 amide bonds. The van der Waals surface area contributed by atoms with Crippen LogP contribution >= 0.6 is 11.6 Å². The third-order valence-corrected chi connectivity index (χ3v) is 4.43. The number of rotatable bonds is 5. The minimum Gasteiger partial charge on any atom is -0.348 e. The number of fused-ring (bicyclic) bond motifs is 1. The quantitative estimate of drug-likeness (QED) is 0.536. The number of hydrogen-bond donors (Lipinski definition) is 1. The number of halogens is 1. The van der Waals surface area contributed by atoms with E-state index in [0.29, 0.717) is 10.5 Å². The molecule has 8 nitrogen and oxygen atoms in total. The van der Waals surface area contributed by atoms with Crippen molar-refractivity contribution >= 4 is 34.1 Å². The fourth-order valence-electron chi connectivity index (χ4n) is 2.72. The van der Waals surface area contributed by atoms with Crippen LogP contribution < -0.4 is 10.9 Å². The number of nitro benzene ring substituents is 1. The first-order chi connectivity index (χ1) is 12.9. The lowest BCUT2D eigenvalue weighted by molar-refractivity contribution is -0.384. The Kier molecular flexibility index (Phi) is 5.18. The molecule has 0 fully saturated rings. The molecule has 2 aromatic carbocycles. The molecule has 9 heteroatoms. The molecular formula is C18H15ClN4O4. The molecular weight excluding hydrogens is 372 g/mol. The van der Waals surface area contributed by atoms with Crippen molar-refractivity contribution < 1.29 is 9.72 Å². The maximum Gasteiger partial charge on any atom is 0.270 e. The highest BCUT2D eigenvalue weighted by molar-refractivity contribution is 6.31. The Hall–Kier alpha value is -3.26. The molecule has 1 N–H and O–H groups in total. The van der Waals surface area contributed by atoms with E-state index in [1.165, 1.54) is 18.5 Å². The minimum absolute atomic E-state index is 0.0821. The van der Waals surface area contributed by atoms with Crippen molar-refractivity contribution in [3.8, 4) is 0 Å². The van der Waals surface area contributed by atoms with Gasteiger partial charge in [0.1, 0.15) is 6.54 Å². The number of carbonyl (C=O) groups is 1. The topological polar surface area (TPSA) is 107 Å². The first kappa shape index (κ1) is 18.5. The van der Waals surface area contributed by atoms with E-state index in [2.05, 4.69) is 10.3 Å². The van der Waals surface area contributed by atoms with Gasteiger partial charge in [-0.05, 0) is 24.6 Å². The molecule has 0 spiro atoms. The van der Waals surface area contributed by atoms with E-state index in [1.807, 2.05) is 6.07 Å². The van der Waals surface area contributed by atoms with Crippen LogP contribution in [0.3, 0.4) is 0 Å². The molecule has 0 aliphatic carbocycles. The first-order valence-electron chi connectivity index (χ1n) is 8.04. The van der Waals surface area contributed by atoms with Gasteiger partial charge in [0.25, 0.3) is 11.2 Å². The summed E-state index contributed by atoms with van der Waals surface area (Å²) in [5.41, 5.74) is 0.346. The Bertz CT molecular complexity index is 1100. The molecule has 1 unspecified atom stereocenters. The molecule has 1 aromatic heterocycles. The van der Waals surface area contributed by atoms with Gasteiger partial charge in [0, 0.05) is 17.2 Å². The molecule has 138 valence electrons. The van der Waals surface area contributed by atoms with Crippen LogP contribution in [0.4, 0.5) is 5.69 Å². The lowest BCUT2D eigenvalue weighted by Gasteiger charge is -2.16. The van der Waals surface area contributed by atoms with Crippen molar-refractivity contribution in [2.45, 2.75) is 19.5 Å². The Morgan fingerprint density at radius 1 is 1.33 bits per heavy atom. The zero-order valence-corrected chi connectivity index (χ0v) is 15.0. The third kappa shape index (κ3) is 3.95. The van der Waals surface area contributed by atoms with E-state index in [4.69, 9.17) is 11.6 Å². The SMILES string of the molecule is CC(NC(=O)Cn1cnc2ccc([N+](=O)[O-])cc2c1=O)c1ccccc1Cl. The predicted molar refractivity (Wildman–Crippen MR) is 101 cm³/mol. The number of amides is 1. The zero-order valence-electron chi connectivity index (χ0n) is 14.3. The summed E-state index contributed by atoms with van der Waals surface area (Å²) in [5.74, 6) is -0.406. The normalized spacial score (nSPS) is 11.9. The summed E-state index contributed by atoms with van der Waals surface area (Å²) in [4.78, 5) is 39.3. The number of nitrogens with one attached hydrogen (secondary N) is 1. The lowest BCUT2D eigenvalue weighted by atomic mass is 10.1. The Morgan fingerprint density at radius 3 is 2.78 bits per heavy atom. The number of hydrogen-bond acceptors (Lipinski definition) is 5. The number of carbonyl (C=O) groups excluding carboxylic acids is 1. The van der Waals surface area contributed by atoms with E-state index in [9.17, 15) is 19.7 Å². The molecule has 3 aromatic rings. The maximum atomic E-state index is 12.5. The Balaban J connectivity index is 1.82. The van der Waals surface area contributed by atoms with Gasteiger partial charge in [-0.2, -0.15) is 0 Å². The summed E-state index contributed by atoms with van der Waals surface area (Å²) >= 11 is 6.12. The van der Waals surface area contributed by atoms with Crippen LogP contribution in [0.1, 0.15) is 18.5 Å². The highest BCUT2D eigenvalue weighted by Crippen LogP contribution is 2.22. The molecule has 1 heterocycles. The molecule has 0 bridgehead atoms. The van der Waals surface area contributed by atoms with Gasteiger partial charge in [-0.1, -0.05) is 29.8 Å². The number of aromatic nitrogens is 2. The van der Waals surface area contributed by atoms with Crippen LogP contribution in [0.15, 0.2) is 53.6 Å². The van der Waals surface area contributed by atoms with Crippen LogP contribution in [0.2, 0.25) is 5.02 Å². The summed E-state index contributed by atoms with van der Waals surface area (Å²) in [7, 11) is 0. The Labute approximate surface area is 158 Å². The van der Waals surface area contributed by atoms with Gasteiger partial charge in [0.15, 0.2) is 0 Å². The van der Waals surface area contributed by atoms with Crippen LogP contribution in [0, 0.1) is 10.1 Å². The van der Waals surface area contributed by atoms with Gasteiger partial charge >= 0.3 is 0 Å². The zero-order chi connectivity index (χ0) is 19.6. The average molecular weight is 387 g/mol. The summed E-state index contributed by atoms with van der Waals surface area (Å²) in [6, 6.07) is 10.6. The summed E-state index contributed by atoms with van der Waals surface area (Å²) in [6.07, 6.45) is 1.25. The molecule has 27 heavy (non-hydrogen) atoms. The summed E-state index contributed by atoms with van der Waals surface area (Å²) in [6.45, 7) is 1.52. The molecule has 1 atom stereocenters. The highest BCUT2D eigenvalue weighted by Gasteiger charge is 2.15. The molecule has 0 aliphatic rings. The fourth-order valence-corrected chi connectivity index (χ4v) is 3.02. The minimum atomic E-state index is -0.589. The Morgan fingerprint density at radius 2 is 2.07 bits per heavy atom. The van der Waals surface area contributed by atoms with Gasteiger partial charge in [0.05, 0.1) is 28.2 Å². The smallest absolute Gasteiger partial charge is 0.270 e. The first-order valence-corrected chi connectivity index (χ1v) is 8.42. The molecule has 0 radical (unpaired) electrons. The van der Waals surface area contributed by atoms with Gasteiger partial charge in [-0.25, -0.2) is 4.98 Å². The second-order valence-corrected chi connectivity index (χ2v) is 6.35. The summed E-state index contributed by atoms with van der Waals surface area (Å²) in [5, 5.41) is 14.3. The standard InChI is InChI=1S/C18H15ClN4O4/c1-11(13-4-2-3-5-15(13)19)21-17(24)9-22-10-20-16-7-6-12(23(26)27)8-14(16)18(22)25/h2-8,10-11H,9H2,1H3,(H,21,24). The van der Waals surface area contributed by atoms with Crippen LogP contribution in [0.25, 0.3) is 10.9 Å². The molecule has 3 rings (SSSR count). The lowest BCUT2D eigenvalue weighted by Crippen LogP contribution is -2.34. The number of nitrogens with zero attached hydrogens (tertiary/aromatic N) is 3. The molecule has 0 saturated carbocycles. The van der Waals surface area contributed by atoms with E-state index >= 15 is 0 Å². The fraction of sp³-hybridized carbons (Fsp3) is 0.167. The largest absolute Gasteiger partial charge is 0.348 e. The molecule has 0 aliphatic heterocycles. The highest BCUT2D eigenvalue weighted by atomic mass is 35.5. The van der Waals surface area contributed by atoms with Crippen LogP contribution in [0.5, 0.6) is 0 Å². The maximum absolute atomic E-state index is 12.5. The van der Waals surface area contributed by atoms with E-state index < -0.39 is 16.4 Å². The van der Waals surface area contributed by atoms with Gasteiger partial charge in [0.2, 0.25) is 5.91 Å². The second-order valence-electron chi connectivity index (χ2n) is 5.95. The van der Waals surface area contributed by atoms with Crippen molar-refractivity contribution in [1.29, 1.82) is 0 Å².